The van der Waals surface area contributed by atoms with Gasteiger partial charge in [-0.25, -0.2) is 0 Å². The lowest BCUT2D eigenvalue weighted by Crippen LogP contribution is -1.95. The van der Waals surface area contributed by atoms with Crippen LogP contribution in [0.3, 0.4) is 0 Å². The van der Waals surface area contributed by atoms with Crippen molar-refractivity contribution in [2.45, 2.75) is 11.8 Å². The Bertz CT molecular complexity index is 600. The van der Waals surface area contributed by atoms with Crippen molar-refractivity contribution in [3.63, 3.8) is 0 Å². The summed E-state index contributed by atoms with van der Waals surface area (Å²) in [5, 5.41) is 12.6. The zero-order valence-electron chi connectivity index (χ0n) is 10.7. The number of anilines is 3. The fourth-order valence-corrected chi connectivity index (χ4v) is 2.53. The van der Waals surface area contributed by atoms with E-state index in [1.807, 2.05) is 42.5 Å². The second kappa shape index (κ2) is 6.17. The number of nitrogens with zero attached hydrogens (tertiary/aromatic N) is 1. The summed E-state index contributed by atoms with van der Waals surface area (Å²) in [7, 11) is 0. The molecule has 0 bridgehead atoms. The third-order valence-corrected chi connectivity index (χ3v) is 3.57. The molecule has 4 heteroatoms. The number of nitrogens with one attached hydrogen (secondary N) is 1. The van der Waals surface area contributed by atoms with Crippen LogP contribution in [0.5, 0.6) is 0 Å². The Morgan fingerprint density at radius 3 is 2.58 bits per heavy atom. The molecule has 0 aliphatic carbocycles. The molecule has 0 fully saturated rings. The van der Waals surface area contributed by atoms with E-state index >= 15 is 0 Å². The van der Waals surface area contributed by atoms with Gasteiger partial charge in [-0.3, -0.25) is 0 Å². The molecule has 0 heterocycles. The van der Waals surface area contributed by atoms with Crippen molar-refractivity contribution in [1.29, 1.82) is 5.26 Å². The quantitative estimate of drug-likeness (QED) is 0.650. The molecule has 0 saturated carbocycles. The minimum absolute atomic E-state index is 0.686. The van der Waals surface area contributed by atoms with Gasteiger partial charge in [0.2, 0.25) is 0 Å². The molecule has 0 spiro atoms. The highest BCUT2D eigenvalue weighted by molar-refractivity contribution is 7.99. The average Bonchev–Trinajstić information content (AvgIpc) is 2.42. The molecule has 0 aromatic heterocycles. The van der Waals surface area contributed by atoms with E-state index in [9.17, 15) is 5.26 Å². The van der Waals surface area contributed by atoms with Gasteiger partial charge in [-0.1, -0.05) is 13.0 Å². The lowest BCUT2D eigenvalue weighted by Gasteiger charge is -2.11. The fraction of sp³-hybridized carbons (Fsp3) is 0.133. The molecule has 0 aliphatic rings. The van der Waals surface area contributed by atoms with Crippen LogP contribution in [0.4, 0.5) is 17.1 Å². The first-order valence-corrected chi connectivity index (χ1v) is 7.01. The molecule has 0 aliphatic heterocycles. The highest BCUT2D eigenvalue weighted by atomic mass is 32.2. The standard InChI is InChI=1S/C15H15N3S/c1-2-19-15-5-3-4-14(13(15)10-16)18-12-8-6-11(17)7-9-12/h3-9,18H,2,17H2,1H3. The van der Waals surface area contributed by atoms with E-state index in [0.29, 0.717) is 5.56 Å². The maximum atomic E-state index is 9.32. The van der Waals surface area contributed by atoms with Crippen molar-refractivity contribution in [3.8, 4) is 6.07 Å². The molecule has 0 saturated heterocycles. The van der Waals surface area contributed by atoms with E-state index in [0.717, 1.165) is 27.7 Å². The Kier molecular flexibility index (Phi) is 4.32. The van der Waals surface area contributed by atoms with E-state index in [1.54, 1.807) is 11.8 Å². The summed E-state index contributed by atoms with van der Waals surface area (Å²) in [6.07, 6.45) is 0. The van der Waals surface area contributed by atoms with Crippen LogP contribution in [0.1, 0.15) is 12.5 Å². The van der Waals surface area contributed by atoms with Crippen LogP contribution >= 0.6 is 11.8 Å². The Labute approximate surface area is 117 Å². The topological polar surface area (TPSA) is 61.8 Å². The number of benzene rings is 2. The van der Waals surface area contributed by atoms with Crippen molar-refractivity contribution in [2.24, 2.45) is 0 Å². The first kappa shape index (κ1) is 13.3. The molecule has 0 amide bonds. The van der Waals surface area contributed by atoms with Crippen molar-refractivity contribution < 1.29 is 0 Å². The highest BCUT2D eigenvalue weighted by Crippen LogP contribution is 2.29. The Morgan fingerprint density at radius 1 is 1.21 bits per heavy atom. The monoisotopic (exact) mass is 269 g/mol. The molecule has 96 valence electrons. The van der Waals surface area contributed by atoms with Crippen LogP contribution in [0, 0.1) is 11.3 Å². The van der Waals surface area contributed by atoms with Gasteiger partial charge in [-0.2, -0.15) is 5.26 Å². The van der Waals surface area contributed by atoms with Gasteiger partial charge in [0.25, 0.3) is 0 Å². The van der Waals surface area contributed by atoms with E-state index < -0.39 is 0 Å². The lowest BCUT2D eigenvalue weighted by atomic mass is 10.2. The minimum Gasteiger partial charge on any atom is -0.399 e. The Hall–Kier alpha value is -2.12. The smallest absolute Gasteiger partial charge is 0.103 e. The molecule has 2 rings (SSSR count). The third-order valence-electron chi connectivity index (χ3n) is 2.63. The summed E-state index contributed by atoms with van der Waals surface area (Å²) in [4.78, 5) is 1.01. The number of thioether (sulfide) groups is 1. The third kappa shape index (κ3) is 3.21. The van der Waals surface area contributed by atoms with Crippen molar-refractivity contribution in [3.05, 3.63) is 48.0 Å². The zero-order chi connectivity index (χ0) is 13.7. The van der Waals surface area contributed by atoms with Gasteiger partial charge in [0.1, 0.15) is 6.07 Å². The number of nitrogen functional groups attached to an aromatic ring is 1. The molecule has 2 aromatic carbocycles. The van der Waals surface area contributed by atoms with Gasteiger partial charge < -0.3 is 11.1 Å². The van der Waals surface area contributed by atoms with Crippen LogP contribution in [0.25, 0.3) is 0 Å². The molecule has 3 N–H and O–H groups in total. The van der Waals surface area contributed by atoms with Gasteiger partial charge >= 0.3 is 0 Å². The summed E-state index contributed by atoms with van der Waals surface area (Å²) in [5.74, 6) is 0.944. The summed E-state index contributed by atoms with van der Waals surface area (Å²) in [6.45, 7) is 2.08. The van der Waals surface area contributed by atoms with Crippen LogP contribution in [0.15, 0.2) is 47.4 Å². The average molecular weight is 269 g/mol. The largest absolute Gasteiger partial charge is 0.399 e. The minimum atomic E-state index is 0.686. The summed E-state index contributed by atoms with van der Waals surface area (Å²) < 4.78 is 0. The van der Waals surface area contributed by atoms with Gasteiger partial charge in [0, 0.05) is 16.3 Å². The number of nitriles is 1. The van der Waals surface area contributed by atoms with Crippen molar-refractivity contribution in [1.82, 2.24) is 0 Å². The Morgan fingerprint density at radius 2 is 1.95 bits per heavy atom. The molecular formula is C15H15N3S. The Balaban J connectivity index is 2.32. The lowest BCUT2D eigenvalue weighted by molar-refractivity contribution is 1.35. The first-order valence-electron chi connectivity index (χ1n) is 6.03. The van der Waals surface area contributed by atoms with E-state index in [1.165, 1.54) is 0 Å². The molecule has 0 unspecified atom stereocenters. The van der Waals surface area contributed by atoms with Crippen LogP contribution in [-0.2, 0) is 0 Å². The molecule has 0 radical (unpaired) electrons. The fourth-order valence-electron chi connectivity index (χ4n) is 1.75. The second-order valence-corrected chi connectivity index (χ2v) is 5.28. The van der Waals surface area contributed by atoms with Gasteiger partial charge in [-0.15, -0.1) is 11.8 Å². The first-order chi connectivity index (χ1) is 9.24. The van der Waals surface area contributed by atoms with Crippen molar-refractivity contribution >= 4 is 28.8 Å². The van der Waals surface area contributed by atoms with E-state index in [2.05, 4.69) is 18.3 Å². The predicted molar refractivity (Wildman–Crippen MR) is 81.7 cm³/mol. The summed E-state index contributed by atoms with van der Waals surface area (Å²) in [5.41, 5.74) is 8.81. The summed E-state index contributed by atoms with van der Waals surface area (Å²) >= 11 is 1.67. The van der Waals surface area contributed by atoms with Crippen LogP contribution in [0.2, 0.25) is 0 Å². The number of hydrogen-bond acceptors (Lipinski definition) is 4. The molecule has 3 nitrogen and oxygen atoms in total. The van der Waals surface area contributed by atoms with Crippen LogP contribution in [-0.4, -0.2) is 5.75 Å². The van der Waals surface area contributed by atoms with Gasteiger partial charge in [-0.05, 0) is 42.2 Å². The van der Waals surface area contributed by atoms with Crippen LogP contribution < -0.4 is 11.1 Å². The normalized spacial score (nSPS) is 9.89. The number of hydrogen-bond donors (Lipinski definition) is 2. The highest BCUT2D eigenvalue weighted by Gasteiger charge is 2.08. The number of nitrogens with two attached hydrogens (primary N) is 1. The van der Waals surface area contributed by atoms with E-state index in [4.69, 9.17) is 5.73 Å². The molecule has 0 atom stereocenters. The molecule has 19 heavy (non-hydrogen) atoms. The molecular weight excluding hydrogens is 254 g/mol. The maximum Gasteiger partial charge on any atom is 0.103 e. The van der Waals surface area contributed by atoms with E-state index in [-0.39, 0.29) is 0 Å². The number of rotatable bonds is 4. The molecule has 2 aromatic rings. The second-order valence-electron chi connectivity index (χ2n) is 3.97. The van der Waals surface area contributed by atoms with Gasteiger partial charge in [0.15, 0.2) is 0 Å². The maximum absolute atomic E-state index is 9.32. The SMILES string of the molecule is CCSc1cccc(Nc2ccc(N)cc2)c1C#N. The van der Waals surface area contributed by atoms with Crippen molar-refractivity contribution in [2.75, 3.05) is 16.8 Å². The zero-order valence-corrected chi connectivity index (χ0v) is 11.5. The summed E-state index contributed by atoms with van der Waals surface area (Å²) in [6, 6.07) is 15.6. The predicted octanol–water partition coefficient (Wildman–Crippen LogP) is 4.00. The van der Waals surface area contributed by atoms with Gasteiger partial charge in [0.05, 0.1) is 11.3 Å².